The standard InChI is InChI=1S/C8H12.C2H4.CH2O/c1-4-7-8(5-2)6-3;2*1-2/h4-7H,2H2,1,3H3;1-2H2;1H2/b7-4+,8-6+;;. The van der Waals surface area contributed by atoms with E-state index in [1.165, 1.54) is 5.57 Å². The molecule has 0 aromatic rings. The molecule has 0 rings (SSSR count). The van der Waals surface area contributed by atoms with Crippen LogP contribution in [-0.4, -0.2) is 6.79 Å². The molecule has 0 fully saturated rings. The van der Waals surface area contributed by atoms with E-state index in [1.54, 1.807) is 0 Å². The maximum Gasteiger partial charge on any atom is 0.106 e. The molecule has 1 nitrogen and oxygen atoms in total. The zero-order valence-corrected chi connectivity index (χ0v) is 8.05. The van der Waals surface area contributed by atoms with Crippen LogP contribution in [0.1, 0.15) is 13.8 Å². The highest BCUT2D eigenvalue weighted by Gasteiger charge is 1.74. The molecule has 0 saturated carbocycles. The number of hydrogen-bond donors (Lipinski definition) is 0. The van der Waals surface area contributed by atoms with E-state index in [2.05, 4.69) is 19.7 Å². The van der Waals surface area contributed by atoms with Crippen molar-refractivity contribution in [2.45, 2.75) is 13.8 Å². The van der Waals surface area contributed by atoms with Gasteiger partial charge >= 0.3 is 0 Å². The second-order valence-electron chi connectivity index (χ2n) is 1.49. The van der Waals surface area contributed by atoms with E-state index in [-0.39, 0.29) is 0 Å². The zero-order valence-electron chi connectivity index (χ0n) is 8.05. The van der Waals surface area contributed by atoms with E-state index in [0.29, 0.717) is 0 Å². The van der Waals surface area contributed by atoms with Crippen molar-refractivity contribution >= 4 is 6.79 Å². The van der Waals surface area contributed by atoms with Crippen molar-refractivity contribution in [2.75, 3.05) is 0 Å². The van der Waals surface area contributed by atoms with E-state index >= 15 is 0 Å². The average Bonchev–Trinajstić information content (AvgIpc) is 2.20. The fraction of sp³-hybridized carbons (Fsp3) is 0.182. The minimum atomic E-state index is 1.17. The minimum absolute atomic E-state index is 1.17. The Hall–Kier alpha value is -1.37. The maximum atomic E-state index is 8.00. The first-order valence-corrected chi connectivity index (χ1v) is 3.55. The normalized spacial score (nSPS) is 9.00. The number of allylic oxidation sites excluding steroid dienone is 5. The number of hydrogen-bond acceptors (Lipinski definition) is 1. The topological polar surface area (TPSA) is 17.1 Å². The lowest BCUT2D eigenvalue weighted by molar-refractivity contribution is -0.0979. The fourth-order valence-corrected chi connectivity index (χ4v) is 0.475. The van der Waals surface area contributed by atoms with Gasteiger partial charge in [-0.15, -0.1) is 13.2 Å². The lowest BCUT2D eigenvalue weighted by atomic mass is 10.2. The van der Waals surface area contributed by atoms with Crippen LogP contribution in [0.4, 0.5) is 0 Å². The van der Waals surface area contributed by atoms with Crippen molar-refractivity contribution in [1.82, 2.24) is 0 Å². The summed E-state index contributed by atoms with van der Waals surface area (Å²) in [4.78, 5) is 8.00. The molecule has 0 saturated heterocycles. The highest BCUT2D eigenvalue weighted by Crippen LogP contribution is 1.95. The summed E-state index contributed by atoms with van der Waals surface area (Å²) in [6.45, 7) is 15.6. The summed E-state index contributed by atoms with van der Waals surface area (Å²) in [6.07, 6.45) is 7.87. The zero-order chi connectivity index (χ0) is 10.4. The molecule has 68 valence electrons. The van der Waals surface area contributed by atoms with Gasteiger partial charge in [0.25, 0.3) is 0 Å². The molecule has 0 bridgehead atoms. The molecular weight excluding hydrogens is 148 g/mol. The van der Waals surface area contributed by atoms with Gasteiger partial charge in [-0.05, 0) is 19.4 Å². The summed E-state index contributed by atoms with van der Waals surface area (Å²) in [6, 6.07) is 0. The first-order valence-electron chi connectivity index (χ1n) is 3.55. The lowest BCUT2D eigenvalue weighted by Gasteiger charge is -1.84. The average molecular weight is 166 g/mol. The summed E-state index contributed by atoms with van der Waals surface area (Å²) < 4.78 is 0. The third-order valence-corrected chi connectivity index (χ3v) is 0.928. The van der Waals surface area contributed by atoms with Crippen molar-refractivity contribution in [3.8, 4) is 0 Å². The molecule has 0 heterocycles. The van der Waals surface area contributed by atoms with E-state index in [9.17, 15) is 0 Å². The first-order chi connectivity index (χ1) is 5.85. The summed E-state index contributed by atoms with van der Waals surface area (Å²) in [5, 5.41) is 0. The Labute approximate surface area is 75.8 Å². The van der Waals surface area contributed by atoms with Gasteiger partial charge in [-0.3, -0.25) is 0 Å². The van der Waals surface area contributed by atoms with E-state index in [4.69, 9.17) is 4.79 Å². The highest BCUT2D eigenvalue weighted by atomic mass is 16.1. The van der Waals surface area contributed by atoms with Gasteiger partial charge in [0.15, 0.2) is 0 Å². The van der Waals surface area contributed by atoms with E-state index in [0.717, 1.165) is 0 Å². The Balaban J connectivity index is -0.000000175. The minimum Gasteiger partial charge on any atom is -0.307 e. The summed E-state index contributed by atoms with van der Waals surface area (Å²) in [5.41, 5.74) is 1.17. The Morgan fingerprint density at radius 1 is 1.17 bits per heavy atom. The van der Waals surface area contributed by atoms with Crippen LogP contribution in [0.25, 0.3) is 0 Å². The summed E-state index contributed by atoms with van der Waals surface area (Å²) >= 11 is 0. The predicted molar refractivity (Wildman–Crippen MR) is 57.1 cm³/mol. The number of carbonyl (C=O) groups excluding carboxylic acids is 1. The molecule has 0 aromatic heterocycles. The maximum absolute atomic E-state index is 8.00. The largest absolute Gasteiger partial charge is 0.307 e. The SMILES string of the molecule is C=C.C=CC(/C=C/C)=C\C.C=O. The Morgan fingerprint density at radius 3 is 1.67 bits per heavy atom. The second-order valence-corrected chi connectivity index (χ2v) is 1.49. The van der Waals surface area contributed by atoms with Crippen LogP contribution in [0, 0.1) is 0 Å². The van der Waals surface area contributed by atoms with Gasteiger partial charge in [-0.25, -0.2) is 0 Å². The van der Waals surface area contributed by atoms with Gasteiger partial charge in [0.05, 0.1) is 0 Å². The molecule has 0 aliphatic carbocycles. The van der Waals surface area contributed by atoms with Crippen LogP contribution in [0.15, 0.2) is 49.6 Å². The van der Waals surface area contributed by atoms with Crippen LogP contribution in [-0.2, 0) is 4.79 Å². The highest BCUT2D eigenvalue weighted by molar-refractivity contribution is 5.27. The summed E-state index contributed by atoms with van der Waals surface area (Å²) in [5.74, 6) is 0. The Morgan fingerprint density at radius 2 is 1.58 bits per heavy atom. The molecule has 0 amide bonds. The van der Waals surface area contributed by atoms with Gasteiger partial charge in [0.1, 0.15) is 6.79 Å². The van der Waals surface area contributed by atoms with Crippen molar-refractivity contribution in [3.05, 3.63) is 49.6 Å². The van der Waals surface area contributed by atoms with Gasteiger partial charge < -0.3 is 4.79 Å². The van der Waals surface area contributed by atoms with Gasteiger partial charge in [0, 0.05) is 0 Å². The second kappa shape index (κ2) is 22.6. The molecular formula is C11H18O. The van der Waals surface area contributed by atoms with Crippen LogP contribution >= 0.6 is 0 Å². The van der Waals surface area contributed by atoms with E-state index in [1.807, 2.05) is 44.9 Å². The molecule has 0 aliphatic heterocycles. The fourth-order valence-electron chi connectivity index (χ4n) is 0.475. The van der Waals surface area contributed by atoms with Crippen LogP contribution in [0.2, 0.25) is 0 Å². The monoisotopic (exact) mass is 166 g/mol. The molecule has 0 N–H and O–H groups in total. The smallest absolute Gasteiger partial charge is 0.106 e. The molecule has 0 aliphatic rings. The molecule has 0 aromatic carbocycles. The third kappa shape index (κ3) is 15.9. The van der Waals surface area contributed by atoms with Gasteiger partial charge in [0.2, 0.25) is 0 Å². The number of rotatable bonds is 2. The number of carbonyl (C=O) groups is 1. The quantitative estimate of drug-likeness (QED) is 0.454. The van der Waals surface area contributed by atoms with Crippen LogP contribution in [0.3, 0.4) is 0 Å². The lowest BCUT2D eigenvalue weighted by Crippen LogP contribution is -1.63. The van der Waals surface area contributed by atoms with Crippen LogP contribution in [0.5, 0.6) is 0 Å². The summed E-state index contributed by atoms with van der Waals surface area (Å²) in [7, 11) is 0. The first kappa shape index (κ1) is 16.9. The third-order valence-electron chi connectivity index (χ3n) is 0.928. The predicted octanol–water partition coefficient (Wildman–Crippen LogP) is 3.31. The molecule has 0 radical (unpaired) electrons. The van der Waals surface area contributed by atoms with Crippen molar-refractivity contribution < 1.29 is 4.79 Å². The molecule has 0 unspecified atom stereocenters. The molecule has 0 atom stereocenters. The molecule has 12 heavy (non-hydrogen) atoms. The van der Waals surface area contributed by atoms with Gasteiger partial charge in [-0.2, -0.15) is 0 Å². The molecule has 1 heteroatoms. The van der Waals surface area contributed by atoms with E-state index < -0.39 is 0 Å². The van der Waals surface area contributed by atoms with Crippen molar-refractivity contribution in [2.24, 2.45) is 0 Å². The Kier molecular flexibility index (Phi) is 31.9. The Bertz CT molecular complexity index is 141. The van der Waals surface area contributed by atoms with Crippen LogP contribution < -0.4 is 0 Å². The van der Waals surface area contributed by atoms with Crippen molar-refractivity contribution in [3.63, 3.8) is 0 Å². The van der Waals surface area contributed by atoms with Crippen molar-refractivity contribution in [1.29, 1.82) is 0 Å². The molecule has 0 spiro atoms. The van der Waals surface area contributed by atoms with Gasteiger partial charge in [-0.1, -0.05) is 30.9 Å².